The molecule has 2 aliphatic rings. The molecule has 2 N–H and O–H groups in total. The fourth-order valence-corrected chi connectivity index (χ4v) is 3.45. The van der Waals surface area contributed by atoms with Crippen LogP contribution in [0.5, 0.6) is 0 Å². The Bertz CT molecular complexity index is 603. The van der Waals surface area contributed by atoms with Gasteiger partial charge in [-0.25, -0.2) is 4.79 Å². The van der Waals surface area contributed by atoms with E-state index in [9.17, 15) is 9.59 Å². The normalized spacial score (nSPS) is 20.8. The van der Waals surface area contributed by atoms with Crippen molar-refractivity contribution in [2.24, 2.45) is 0 Å². The van der Waals surface area contributed by atoms with Gasteiger partial charge in [-0.3, -0.25) is 4.79 Å². The van der Waals surface area contributed by atoms with Crippen LogP contribution in [0.15, 0.2) is 30.3 Å². The molecule has 1 aliphatic heterocycles. The van der Waals surface area contributed by atoms with E-state index in [1.807, 2.05) is 30.3 Å². The predicted octanol–water partition coefficient (Wildman–Crippen LogP) is 1.71. The van der Waals surface area contributed by atoms with Crippen molar-refractivity contribution in [1.29, 1.82) is 0 Å². The topological polar surface area (TPSA) is 85.9 Å². The Morgan fingerprint density at radius 2 is 1.72 bits per heavy atom. The summed E-state index contributed by atoms with van der Waals surface area (Å²) in [5.74, 6) is -0.829. The highest BCUT2D eigenvalue weighted by atomic mass is 16.7. The number of benzene rings is 1. The molecule has 1 spiro atoms. The van der Waals surface area contributed by atoms with Crippen LogP contribution in [0.25, 0.3) is 0 Å². The highest BCUT2D eigenvalue weighted by Gasteiger charge is 2.50. The minimum absolute atomic E-state index is 0.159. The van der Waals surface area contributed by atoms with Crippen LogP contribution in [0.2, 0.25) is 0 Å². The average molecular weight is 348 g/mol. The van der Waals surface area contributed by atoms with Gasteiger partial charge in [-0.05, 0) is 18.4 Å². The number of amides is 2. The fraction of sp³-hybridized carbons (Fsp3) is 0.556. The van der Waals surface area contributed by atoms with Gasteiger partial charge in [0.2, 0.25) is 5.91 Å². The molecule has 136 valence electrons. The number of carbonyl (C=O) groups excluding carboxylic acids is 2. The van der Waals surface area contributed by atoms with Crippen molar-refractivity contribution in [2.45, 2.75) is 43.6 Å². The average Bonchev–Trinajstić information content (AvgIpc) is 3.11. The lowest BCUT2D eigenvalue weighted by atomic mass is 9.78. The van der Waals surface area contributed by atoms with Gasteiger partial charge in [-0.15, -0.1) is 0 Å². The van der Waals surface area contributed by atoms with Gasteiger partial charge in [0, 0.05) is 19.9 Å². The molecule has 3 rings (SSSR count). The van der Waals surface area contributed by atoms with E-state index in [1.165, 1.54) is 0 Å². The minimum Gasteiger partial charge on any atom is -0.445 e. The van der Waals surface area contributed by atoms with Crippen molar-refractivity contribution < 1.29 is 23.8 Å². The molecule has 0 unspecified atom stereocenters. The van der Waals surface area contributed by atoms with E-state index in [2.05, 4.69) is 10.6 Å². The van der Waals surface area contributed by atoms with Crippen LogP contribution < -0.4 is 10.6 Å². The van der Waals surface area contributed by atoms with E-state index in [1.54, 1.807) is 7.05 Å². The number of nitrogens with one attached hydrogen (secondary N) is 2. The van der Waals surface area contributed by atoms with Gasteiger partial charge in [0.05, 0.1) is 13.2 Å². The lowest BCUT2D eigenvalue weighted by Gasteiger charge is -2.42. The molecule has 7 heteroatoms. The first-order chi connectivity index (χ1) is 12.1. The summed E-state index contributed by atoms with van der Waals surface area (Å²) in [5.41, 5.74) is -0.106. The van der Waals surface area contributed by atoms with Crippen molar-refractivity contribution in [3.05, 3.63) is 35.9 Å². The third-order valence-corrected chi connectivity index (χ3v) is 4.89. The van der Waals surface area contributed by atoms with Crippen LogP contribution >= 0.6 is 0 Å². The summed E-state index contributed by atoms with van der Waals surface area (Å²) < 4.78 is 16.7. The van der Waals surface area contributed by atoms with E-state index in [0.717, 1.165) is 5.56 Å². The Balaban J connectivity index is 1.61. The molecule has 1 saturated carbocycles. The molecule has 25 heavy (non-hydrogen) atoms. The number of hydrogen-bond acceptors (Lipinski definition) is 5. The Labute approximate surface area is 147 Å². The quantitative estimate of drug-likeness (QED) is 0.865. The van der Waals surface area contributed by atoms with Crippen LogP contribution in [0.1, 0.15) is 31.2 Å². The highest BCUT2D eigenvalue weighted by molar-refractivity contribution is 5.89. The summed E-state index contributed by atoms with van der Waals surface area (Å²) in [5, 5.41) is 5.42. The molecule has 0 atom stereocenters. The van der Waals surface area contributed by atoms with Gasteiger partial charge in [-0.1, -0.05) is 30.3 Å². The summed E-state index contributed by atoms with van der Waals surface area (Å²) in [7, 11) is 1.56. The zero-order valence-electron chi connectivity index (χ0n) is 14.4. The van der Waals surface area contributed by atoms with E-state index < -0.39 is 17.4 Å². The third-order valence-electron chi connectivity index (χ3n) is 4.89. The van der Waals surface area contributed by atoms with Gasteiger partial charge < -0.3 is 24.8 Å². The van der Waals surface area contributed by atoms with Crippen LogP contribution in [-0.2, 0) is 25.6 Å². The van der Waals surface area contributed by atoms with Crippen molar-refractivity contribution in [2.75, 3.05) is 20.3 Å². The summed E-state index contributed by atoms with van der Waals surface area (Å²) >= 11 is 0. The van der Waals surface area contributed by atoms with E-state index >= 15 is 0 Å². The molecule has 1 aromatic carbocycles. The van der Waals surface area contributed by atoms with Crippen molar-refractivity contribution in [3.63, 3.8) is 0 Å². The molecule has 2 amide bonds. The Morgan fingerprint density at radius 1 is 1.08 bits per heavy atom. The van der Waals surface area contributed by atoms with Crippen LogP contribution in [0.4, 0.5) is 4.79 Å². The number of alkyl carbamates (subject to hydrolysis) is 1. The smallest absolute Gasteiger partial charge is 0.408 e. The molecular weight excluding hydrogens is 324 g/mol. The van der Waals surface area contributed by atoms with Crippen molar-refractivity contribution in [3.8, 4) is 0 Å². The van der Waals surface area contributed by atoms with Crippen LogP contribution in [0, 0.1) is 0 Å². The third kappa shape index (κ3) is 3.93. The van der Waals surface area contributed by atoms with Gasteiger partial charge in [0.25, 0.3) is 0 Å². The lowest BCUT2D eigenvalue weighted by Crippen LogP contribution is -2.61. The van der Waals surface area contributed by atoms with Gasteiger partial charge >= 0.3 is 6.09 Å². The monoisotopic (exact) mass is 348 g/mol. The first-order valence-corrected chi connectivity index (χ1v) is 8.57. The summed E-state index contributed by atoms with van der Waals surface area (Å²) in [6.45, 7) is 1.30. The second-order valence-electron chi connectivity index (χ2n) is 6.46. The highest BCUT2D eigenvalue weighted by Crippen LogP contribution is 2.40. The van der Waals surface area contributed by atoms with Crippen LogP contribution in [-0.4, -0.2) is 43.6 Å². The summed E-state index contributed by atoms with van der Waals surface area (Å²) in [4.78, 5) is 24.7. The van der Waals surface area contributed by atoms with Crippen molar-refractivity contribution >= 4 is 12.0 Å². The van der Waals surface area contributed by atoms with E-state index in [0.29, 0.717) is 38.9 Å². The molecule has 1 heterocycles. The largest absolute Gasteiger partial charge is 0.445 e. The second kappa shape index (κ2) is 7.41. The van der Waals surface area contributed by atoms with Gasteiger partial charge in [-0.2, -0.15) is 0 Å². The zero-order chi connectivity index (χ0) is 17.8. The lowest BCUT2D eigenvalue weighted by molar-refractivity contribution is -0.187. The fourth-order valence-electron chi connectivity index (χ4n) is 3.45. The maximum Gasteiger partial charge on any atom is 0.408 e. The standard InChI is InChI=1S/C18H24N2O5/c1-19-15(21)17(7-9-18(10-8-17)24-11-12-25-18)20-16(22)23-13-14-5-3-2-4-6-14/h2-6H,7-13H2,1H3,(H,19,21)(H,20,22). The number of hydrogen-bond donors (Lipinski definition) is 2. The van der Waals surface area contributed by atoms with Gasteiger partial charge in [0.15, 0.2) is 5.79 Å². The summed E-state index contributed by atoms with van der Waals surface area (Å²) in [6.07, 6.45) is 1.38. The van der Waals surface area contributed by atoms with E-state index in [4.69, 9.17) is 14.2 Å². The zero-order valence-corrected chi connectivity index (χ0v) is 14.4. The molecule has 2 fully saturated rings. The maximum atomic E-state index is 12.4. The second-order valence-corrected chi connectivity index (χ2v) is 6.46. The SMILES string of the molecule is CNC(=O)C1(NC(=O)OCc2ccccc2)CCC2(CC1)OCCO2. The van der Waals surface area contributed by atoms with Crippen LogP contribution in [0.3, 0.4) is 0 Å². The maximum absolute atomic E-state index is 12.4. The number of likely N-dealkylation sites (N-methyl/N-ethyl adjacent to an activating group) is 1. The first-order valence-electron chi connectivity index (χ1n) is 8.57. The molecule has 1 saturated heterocycles. The summed E-state index contributed by atoms with van der Waals surface area (Å²) in [6, 6.07) is 9.41. The molecule has 0 bridgehead atoms. The molecule has 1 aliphatic carbocycles. The van der Waals surface area contributed by atoms with Gasteiger partial charge in [0.1, 0.15) is 12.1 Å². The number of ether oxygens (including phenoxy) is 3. The molecule has 7 nitrogen and oxygen atoms in total. The van der Waals surface area contributed by atoms with Crippen molar-refractivity contribution in [1.82, 2.24) is 10.6 Å². The first kappa shape index (κ1) is 17.7. The Morgan fingerprint density at radius 3 is 2.32 bits per heavy atom. The molecule has 0 aromatic heterocycles. The van der Waals surface area contributed by atoms with E-state index in [-0.39, 0.29) is 12.5 Å². The Hall–Kier alpha value is -2.12. The molecular formula is C18H24N2O5. The number of rotatable bonds is 4. The molecule has 1 aromatic rings. The number of carbonyl (C=O) groups is 2. The minimum atomic E-state index is -0.997. The predicted molar refractivity (Wildman–Crippen MR) is 89.7 cm³/mol. The molecule has 0 radical (unpaired) electrons. The Kier molecular flexibility index (Phi) is 5.24.